The van der Waals surface area contributed by atoms with E-state index < -0.39 is 6.17 Å². The summed E-state index contributed by atoms with van der Waals surface area (Å²) >= 11 is 0. The number of nitrogens with one attached hydrogen (secondary N) is 3. The van der Waals surface area contributed by atoms with E-state index in [9.17, 15) is 4.79 Å². The lowest BCUT2D eigenvalue weighted by molar-refractivity contribution is -0.520. The molecule has 0 saturated carbocycles. The first-order chi connectivity index (χ1) is 13.9. The number of hydrogen-bond donors (Lipinski definition) is 3. The van der Waals surface area contributed by atoms with Crippen LogP contribution in [0, 0.1) is 20.8 Å². The number of guanidine groups is 1. The number of rotatable bonds is 3. The van der Waals surface area contributed by atoms with Crippen molar-refractivity contribution < 1.29 is 9.73 Å². The quantitative estimate of drug-likeness (QED) is 0.634. The molecule has 2 heterocycles. The molecule has 0 fully saturated rings. The number of hydrogen-bond acceptors (Lipinski definition) is 5. The molecule has 0 amide bonds. The average molecular weight is 390 g/mol. The largest absolute Gasteiger partial charge is 0.497 e. The molecular formula is C22H24N5O2+. The van der Waals surface area contributed by atoms with Crippen LogP contribution in [0.25, 0.3) is 0 Å². The summed E-state index contributed by atoms with van der Waals surface area (Å²) in [5, 5.41) is 6.60. The lowest BCUT2D eigenvalue weighted by Crippen LogP contribution is -2.82. The van der Waals surface area contributed by atoms with Gasteiger partial charge in [0, 0.05) is 17.3 Å². The van der Waals surface area contributed by atoms with Crippen LogP contribution in [0.4, 0.5) is 11.6 Å². The van der Waals surface area contributed by atoms with Crippen LogP contribution in [0.2, 0.25) is 0 Å². The Bertz CT molecular complexity index is 1170. The van der Waals surface area contributed by atoms with Crippen LogP contribution in [-0.2, 0) is 0 Å². The van der Waals surface area contributed by atoms with Gasteiger partial charge in [0.2, 0.25) is 0 Å². The molecular weight excluding hydrogens is 366 g/mol. The molecule has 0 saturated heterocycles. The van der Waals surface area contributed by atoms with Gasteiger partial charge in [-0.1, -0.05) is 29.8 Å². The van der Waals surface area contributed by atoms with Crippen molar-refractivity contribution >= 4 is 17.6 Å². The van der Waals surface area contributed by atoms with E-state index in [0.717, 1.165) is 22.6 Å². The Hall–Kier alpha value is -3.61. The summed E-state index contributed by atoms with van der Waals surface area (Å²) < 4.78 is 6.97. The molecule has 0 unspecified atom stereocenters. The van der Waals surface area contributed by atoms with Gasteiger partial charge in [-0.15, -0.1) is 0 Å². The fraction of sp³-hybridized carbons (Fsp3) is 0.227. The Labute approximate surface area is 169 Å². The molecule has 29 heavy (non-hydrogen) atoms. The minimum Gasteiger partial charge on any atom is -0.497 e. The van der Waals surface area contributed by atoms with Crippen LogP contribution in [0.1, 0.15) is 28.6 Å². The summed E-state index contributed by atoms with van der Waals surface area (Å²) in [6, 6.07) is 15.4. The van der Waals surface area contributed by atoms with Crippen LogP contribution in [0.15, 0.2) is 53.3 Å². The topological polar surface area (TPSA) is 82.2 Å². The lowest BCUT2D eigenvalue weighted by atomic mass is 10.1. The minimum atomic E-state index is -0.435. The predicted molar refractivity (Wildman–Crippen MR) is 113 cm³/mol. The van der Waals surface area contributed by atoms with Gasteiger partial charge in [-0.25, -0.2) is 20.2 Å². The zero-order valence-corrected chi connectivity index (χ0v) is 16.9. The number of anilines is 2. The summed E-state index contributed by atoms with van der Waals surface area (Å²) in [7, 11) is 1.62. The normalized spacial score (nSPS) is 15.2. The van der Waals surface area contributed by atoms with E-state index in [0.29, 0.717) is 17.6 Å². The molecule has 4 rings (SSSR count). The number of nitrogens with zero attached hydrogens (tertiary/aromatic N) is 2. The number of benzene rings is 2. The molecule has 0 spiro atoms. The highest BCUT2D eigenvalue weighted by Gasteiger charge is 2.29. The van der Waals surface area contributed by atoms with Crippen molar-refractivity contribution in [2.75, 3.05) is 17.7 Å². The Balaban J connectivity index is 1.81. The number of ether oxygens (including phenoxy) is 1. The predicted octanol–water partition coefficient (Wildman–Crippen LogP) is 1.70. The molecule has 0 bridgehead atoms. The monoisotopic (exact) mass is 390 g/mol. The first kappa shape index (κ1) is 18.7. The summed E-state index contributed by atoms with van der Waals surface area (Å²) in [6.45, 7) is 5.93. The fourth-order valence-electron chi connectivity index (χ4n) is 3.49. The molecule has 7 heteroatoms. The second-order valence-electron chi connectivity index (χ2n) is 7.20. The first-order valence-corrected chi connectivity index (χ1v) is 9.43. The standard InChI is InChI=1S/C22H23N5O2/c1-13-8-9-18(14(2)10-13)24-21-25-20(16-6-5-7-17(12-16)29-4)27-19(28)11-15(3)23-22(27)26-21/h5-12,20H,1-4H3,(H2,23,24,25,26)/p+1/t20-/m0/s1. The molecule has 1 atom stereocenters. The first-order valence-electron chi connectivity index (χ1n) is 9.43. The third-order valence-electron chi connectivity index (χ3n) is 4.91. The van der Waals surface area contributed by atoms with Crippen molar-refractivity contribution in [3.63, 3.8) is 0 Å². The third-order valence-corrected chi connectivity index (χ3v) is 4.91. The van der Waals surface area contributed by atoms with Crippen LogP contribution in [0.3, 0.4) is 0 Å². The molecule has 3 N–H and O–H groups in total. The SMILES string of the molecule is COc1cccc([C@H]2[NH+]=C(Nc3ccc(C)cc3C)Nc3nc(C)cc(=O)n32)c1. The zero-order valence-electron chi connectivity index (χ0n) is 16.9. The van der Waals surface area contributed by atoms with Gasteiger partial charge in [-0.3, -0.25) is 9.79 Å². The van der Waals surface area contributed by atoms with E-state index in [1.165, 1.54) is 11.6 Å². The Morgan fingerprint density at radius 1 is 1.14 bits per heavy atom. The van der Waals surface area contributed by atoms with Gasteiger partial charge >= 0.3 is 5.96 Å². The van der Waals surface area contributed by atoms with Gasteiger partial charge in [-0.05, 0) is 44.5 Å². The highest BCUT2D eigenvalue weighted by Crippen LogP contribution is 2.21. The number of methoxy groups -OCH3 is 1. The van der Waals surface area contributed by atoms with E-state index >= 15 is 0 Å². The Morgan fingerprint density at radius 2 is 1.97 bits per heavy atom. The van der Waals surface area contributed by atoms with Crippen LogP contribution < -0.4 is 25.9 Å². The molecule has 148 valence electrons. The highest BCUT2D eigenvalue weighted by molar-refractivity contribution is 5.99. The van der Waals surface area contributed by atoms with Gasteiger partial charge in [0.1, 0.15) is 11.4 Å². The van der Waals surface area contributed by atoms with E-state index in [1.807, 2.05) is 37.3 Å². The van der Waals surface area contributed by atoms with Gasteiger partial charge in [0.25, 0.3) is 11.5 Å². The fourth-order valence-corrected chi connectivity index (χ4v) is 3.49. The Kier molecular flexibility index (Phi) is 4.80. The molecule has 1 aliphatic rings. The molecule has 2 aromatic carbocycles. The van der Waals surface area contributed by atoms with Crippen molar-refractivity contribution in [3.8, 4) is 5.75 Å². The number of fused-ring (bicyclic) bond motifs is 1. The molecule has 1 aliphatic heterocycles. The van der Waals surface area contributed by atoms with Crippen LogP contribution >= 0.6 is 0 Å². The minimum absolute atomic E-state index is 0.133. The Morgan fingerprint density at radius 3 is 2.72 bits per heavy atom. The summed E-state index contributed by atoms with van der Waals surface area (Å²) in [4.78, 5) is 20.7. The molecule has 1 aromatic heterocycles. The van der Waals surface area contributed by atoms with Crippen molar-refractivity contribution in [3.05, 3.63) is 81.3 Å². The maximum atomic E-state index is 12.8. The highest BCUT2D eigenvalue weighted by atomic mass is 16.5. The van der Waals surface area contributed by atoms with Crippen molar-refractivity contribution in [1.29, 1.82) is 0 Å². The third kappa shape index (κ3) is 3.71. The van der Waals surface area contributed by atoms with Gasteiger partial charge in [-0.2, -0.15) is 0 Å². The van der Waals surface area contributed by atoms with Crippen molar-refractivity contribution in [2.24, 2.45) is 0 Å². The average Bonchev–Trinajstić information content (AvgIpc) is 2.69. The summed E-state index contributed by atoms with van der Waals surface area (Å²) in [5.74, 6) is 1.86. The van der Waals surface area contributed by atoms with Gasteiger partial charge in [0.15, 0.2) is 6.17 Å². The van der Waals surface area contributed by atoms with E-state index in [2.05, 4.69) is 46.6 Å². The van der Waals surface area contributed by atoms with E-state index in [4.69, 9.17) is 4.74 Å². The van der Waals surface area contributed by atoms with E-state index in [1.54, 1.807) is 11.7 Å². The van der Waals surface area contributed by atoms with Crippen molar-refractivity contribution in [2.45, 2.75) is 26.9 Å². The number of aromatic nitrogens is 2. The summed E-state index contributed by atoms with van der Waals surface area (Å²) in [6.07, 6.45) is -0.435. The second-order valence-corrected chi connectivity index (χ2v) is 7.20. The maximum absolute atomic E-state index is 12.8. The second kappa shape index (κ2) is 7.43. The van der Waals surface area contributed by atoms with Crippen LogP contribution in [-0.4, -0.2) is 22.6 Å². The molecule has 0 radical (unpaired) electrons. The van der Waals surface area contributed by atoms with Gasteiger partial charge in [0.05, 0.1) is 7.11 Å². The molecule has 7 nitrogen and oxygen atoms in total. The molecule has 3 aromatic rings. The summed E-state index contributed by atoms with van der Waals surface area (Å²) in [5.41, 5.74) is 4.71. The number of aryl methyl sites for hydroxylation is 3. The van der Waals surface area contributed by atoms with Gasteiger partial charge < -0.3 is 4.74 Å². The smallest absolute Gasteiger partial charge is 0.357 e. The van der Waals surface area contributed by atoms with E-state index in [-0.39, 0.29) is 5.56 Å². The lowest BCUT2D eigenvalue weighted by Gasteiger charge is -2.23. The molecule has 0 aliphatic carbocycles. The maximum Gasteiger partial charge on any atom is 0.357 e. The zero-order chi connectivity index (χ0) is 20.5. The van der Waals surface area contributed by atoms with Crippen molar-refractivity contribution in [1.82, 2.24) is 9.55 Å². The van der Waals surface area contributed by atoms with Crippen LogP contribution in [0.5, 0.6) is 5.75 Å².